The lowest BCUT2D eigenvalue weighted by molar-refractivity contribution is 0.0214. The van der Waals surface area contributed by atoms with Gasteiger partial charge in [0.1, 0.15) is 6.61 Å². The lowest BCUT2D eigenvalue weighted by atomic mass is 10.6. The maximum atomic E-state index is 11.8. The van der Waals surface area contributed by atoms with Crippen LogP contribution in [0.1, 0.15) is 6.92 Å². The number of nitrogens with zero attached hydrogens (tertiary/aromatic N) is 3. The zero-order valence-electron chi connectivity index (χ0n) is 9.90. The molecule has 0 aliphatic rings. The van der Waals surface area contributed by atoms with Crippen LogP contribution in [0.5, 0.6) is 6.01 Å². The number of anilines is 2. The SMILES string of the molecule is CCOc1nc(N)nc(NCCOCC(F)F)n1. The highest BCUT2D eigenvalue weighted by molar-refractivity contribution is 5.32. The van der Waals surface area contributed by atoms with E-state index in [2.05, 4.69) is 25.0 Å². The van der Waals surface area contributed by atoms with E-state index in [9.17, 15) is 8.78 Å². The predicted octanol–water partition coefficient (Wildman–Crippen LogP) is 0.546. The number of nitrogens with two attached hydrogens (primary N) is 1. The van der Waals surface area contributed by atoms with E-state index in [0.717, 1.165) is 0 Å². The summed E-state index contributed by atoms with van der Waals surface area (Å²) < 4.78 is 33.3. The smallest absolute Gasteiger partial charge is 0.323 e. The van der Waals surface area contributed by atoms with Crippen LogP contribution in [0.15, 0.2) is 0 Å². The van der Waals surface area contributed by atoms with Gasteiger partial charge in [-0.1, -0.05) is 0 Å². The van der Waals surface area contributed by atoms with Crippen molar-refractivity contribution in [1.29, 1.82) is 0 Å². The van der Waals surface area contributed by atoms with E-state index in [0.29, 0.717) is 6.61 Å². The molecule has 0 radical (unpaired) electrons. The van der Waals surface area contributed by atoms with Gasteiger partial charge in [0.05, 0.1) is 13.2 Å². The van der Waals surface area contributed by atoms with E-state index in [1.165, 1.54) is 0 Å². The quantitative estimate of drug-likeness (QED) is 0.661. The molecule has 0 saturated carbocycles. The van der Waals surface area contributed by atoms with Gasteiger partial charge in [-0.2, -0.15) is 15.0 Å². The number of nitrogen functional groups attached to an aromatic ring is 1. The van der Waals surface area contributed by atoms with Crippen molar-refractivity contribution in [2.75, 3.05) is 37.4 Å². The molecule has 0 bridgehead atoms. The normalized spacial score (nSPS) is 10.7. The molecular formula is C9H15F2N5O2. The van der Waals surface area contributed by atoms with Crippen LogP contribution in [0.25, 0.3) is 0 Å². The minimum atomic E-state index is -2.47. The van der Waals surface area contributed by atoms with Gasteiger partial charge in [-0.15, -0.1) is 0 Å². The minimum Gasteiger partial charge on any atom is -0.464 e. The molecule has 18 heavy (non-hydrogen) atoms. The number of halogens is 2. The zero-order chi connectivity index (χ0) is 13.4. The molecule has 0 unspecified atom stereocenters. The highest BCUT2D eigenvalue weighted by Crippen LogP contribution is 2.08. The second kappa shape index (κ2) is 7.54. The number of aromatic nitrogens is 3. The van der Waals surface area contributed by atoms with Crippen LogP contribution in [0, 0.1) is 0 Å². The summed E-state index contributed by atoms with van der Waals surface area (Å²) in [6, 6.07) is 0.112. The summed E-state index contributed by atoms with van der Waals surface area (Å²) in [6.45, 7) is 1.98. The van der Waals surface area contributed by atoms with Gasteiger partial charge in [-0.3, -0.25) is 0 Å². The Bertz CT molecular complexity index is 367. The van der Waals surface area contributed by atoms with E-state index in [4.69, 9.17) is 10.5 Å². The Morgan fingerprint density at radius 2 is 2.11 bits per heavy atom. The van der Waals surface area contributed by atoms with Crippen molar-refractivity contribution in [3.63, 3.8) is 0 Å². The predicted molar refractivity (Wildman–Crippen MR) is 60.7 cm³/mol. The Morgan fingerprint density at radius 3 is 2.78 bits per heavy atom. The van der Waals surface area contributed by atoms with Crippen molar-refractivity contribution in [3.8, 4) is 6.01 Å². The molecule has 0 aromatic carbocycles. The Morgan fingerprint density at radius 1 is 1.33 bits per heavy atom. The van der Waals surface area contributed by atoms with E-state index in [1.807, 2.05) is 0 Å². The summed E-state index contributed by atoms with van der Waals surface area (Å²) in [7, 11) is 0. The zero-order valence-corrected chi connectivity index (χ0v) is 9.90. The summed E-state index contributed by atoms with van der Waals surface area (Å²) in [5.74, 6) is 0.232. The fraction of sp³-hybridized carbons (Fsp3) is 0.667. The lowest BCUT2D eigenvalue weighted by Crippen LogP contribution is -2.15. The third kappa shape index (κ3) is 5.53. The first-order valence-electron chi connectivity index (χ1n) is 5.36. The third-order valence-corrected chi connectivity index (χ3v) is 1.68. The number of hydrogen-bond donors (Lipinski definition) is 2. The molecule has 0 amide bonds. The number of nitrogens with one attached hydrogen (secondary N) is 1. The Kier molecular flexibility index (Phi) is 5.98. The van der Waals surface area contributed by atoms with Gasteiger partial charge < -0.3 is 20.5 Å². The molecule has 1 rings (SSSR count). The van der Waals surface area contributed by atoms with Crippen LogP contribution in [0.2, 0.25) is 0 Å². The largest absolute Gasteiger partial charge is 0.464 e. The molecule has 1 aromatic heterocycles. The number of hydrogen-bond acceptors (Lipinski definition) is 7. The van der Waals surface area contributed by atoms with Gasteiger partial charge in [0.2, 0.25) is 11.9 Å². The van der Waals surface area contributed by atoms with Crippen LogP contribution in [0.3, 0.4) is 0 Å². The summed E-state index contributed by atoms with van der Waals surface area (Å²) >= 11 is 0. The van der Waals surface area contributed by atoms with Crippen LogP contribution < -0.4 is 15.8 Å². The molecule has 0 saturated heterocycles. The van der Waals surface area contributed by atoms with Gasteiger partial charge in [0.25, 0.3) is 6.43 Å². The molecule has 9 heteroatoms. The van der Waals surface area contributed by atoms with Crippen LogP contribution in [-0.2, 0) is 4.74 Å². The first kappa shape index (κ1) is 14.3. The average Bonchev–Trinajstić information content (AvgIpc) is 2.28. The van der Waals surface area contributed by atoms with E-state index >= 15 is 0 Å². The molecule has 1 heterocycles. The third-order valence-electron chi connectivity index (χ3n) is 1.68. The summed E-state index contributed by atoms with van der Waals surface area (Å²) in [4.78, 5) is 11.5. The topological polar surface area (TPSA) is 95.2 Å². The summed E-state index contributed by atoms with van der Waals surface area (Å²) in [5.41, 5.74) is 5.45. The van der Waals surface area contributed by atoms with Crippen molar-refractivity contribution in [3.05, 3.63) is 0 Å². The molecular weight excluding hydrogens is 248 g/mol. The minimum absolute atomic E-state index is 0.0180. The van der Waals surface area contributed by atoms with E-state index in [1.54, 1.807) is 6.92 Å². The number of alkyl halides is 2. The Balaban J connectivity index is 2.37. The number of rotatable bonds is 8. The average molecular weight is 263 g/mol. The van der Waals surface area contributed by atoms with Crippen LogP contribution in [-0.4, -0.2) is 47.7 Å². The van der Waals surface area contributed by atoms with Gasteiger partial charge in [-0.25, -0.2) is 8.78 Å². The maximum absolute atomic E-state index is 11.8. The van der Waals surface area contributed by atoms with E-state index < -0.39 is 13.0 Å². The van der Waals surface area contributed by atoms with Gasteiger partial charge in [0, 0.05) is 6.54 Å². The molecule has 7 nitrogen and oxygen atoms in total. The highest BCUT2D eigenvalue weighted by Gasteiger charge is 2.05. The summed E-state index contributed by atoms with van der Waals surface area (Å²) in [6.07, 6.45) is -2.47. The molecule has 0 fully saturated rings. The standard InChI is InChI=1S/C9H15F2N5O2/c1-2-18-9-15-7(12)14-8(16-9)13-3-4-17-5-6(10)11/h6H,2-5H2,1H3,(H3,12,13,14,15,16). The Labute approximate surface area is 103 Å². The number of ether oxygens (including phenoxy) is 2. The van der Waals surface area contributed by atoms with Crippen LogP contribution in [0.4, 0.5) is 20.7 Å². The highest BCUT2D eigenvalue weighted by atomic mass is 19.3. The monoisotopic (exact) mass is 263 g/mol. The first-order chi connectivity index (χ1) is 8.61. The van der Waals surface area contributed by atoms with E-state index in [-0.39, 0.29) is 31.1 Å². The van der Waals surface area contributed by atoms with Crippen molar-refractivity contribution in [1.82, 2.24) is 15.0 Å². The molecule has 3 N–H and O–H groups in total. The second-order valence-corrected chi connectivity index (χ2v) is 3.13. The van der Waals surface area contributed by atoms with Gasteiger partial charge in [0.15, 0.2) is 0 Å². The van der Waals surface area contributed by atoms with Crippen molar-refractivity contribution in [2.24, 2.45) is 0 Å². The van der Waals surface area contributed by atoms with Crippen molar-refractivity contribution < 1.29 is 18.3 Å². The maximum Gasteiger partial charge on any atom is 0.323 e. The lowest BCUT2D eigenvalue weighted by Gasteiger charge is -2.07. The first-order valence-corrected chi connectivity index (χ1v) is 5.36. The second-order valence-electron chi connectivity index (χ2n) is 3.13. The molecule has 102 valence electrons. The molecule has 0 spiro atoms. The van der Waals surface area contributed by atoms with Gasteiger partial charge in [-0.05, 0) is 6.92 Å². The van der Waals surface area contributed by atoms with Gasteiger partial charge >= 0.3 is 6.01 Å². The fourth-order valence-electron chi connectivity index (χ4n) is 1.05. The van der Waals surface area contributed by atoms with Crippen molar-refractivity contribution >= 4 is 11.9 Å². The molecule has 0 aliphatic heterocycles. The molecule has 0 aliphatic carbocycles. The fourth-order valence-corrected chi connectivity index (χ4v) is 1.05. The summed E-state index contributed by atoms with van der Waals surface area (Å²) in [5, 5.41) is 2.77. The Hall–Kier alpha value is -1.77. The van der Waals surface area contributed by atoms with Crippen LogP contribution >= 0.6 is 0 Å². The van der Waals surface area contributed by atoms with Crippen molar-refractivity contribution in [2.45, 2.75) is 13.3 Å². The molecule has 1 aromatic rings. The molecule has 0 atom stereocenters.